The molecule has 8 rings (SSSR count). The summed E-state index contributed by atoms with van der Waals surface area (Å²) >= 11 is 1.86. The van der Waals surface area contributed by atoms with E-state index in [0.29, 0.717) is 0 Å². The van der Waals surface area contributed by atoms with E-state index >= 15 is 0 Å². The van der Waals surface area contributed by atoms with Gasteiger partial charge in [-0.2, -0.15) is 0 Å². The van der Waals surface area contributed by atoms with Gasteiger partial charge in [0.15, 0.2) is 0 Å². The van der Waals surface area contributed by atoms with Crippen LogP contribution in [0.4, 0.5) is 0 Å². The second kappa shape index (κ2) is 6.66. The third-order valence-electron chi connectivity index (χ3n) is 6.98. The van der Waals surface area contributed by atoms with Crippen LogP contribution >= 0.6 is 11.3 Å². The third-order valence-corrected chi connectivity index (χ3v) is 8.12. The van der Waals surface area contributed by atoms with Gasteiger partial charge in [-0.15, -0.1) is 11.3 Å². The Morgan fingerprint density at radius 3 is 2.03 bits per heavy atom. The molecule has 0 saturated heterocycles. The van der Waals surface area contributed by atoms with E-state index < -0.39 is 0 Å². The molecule has 0 amide bonds. The molecule has 0 atom stereocenters. The summed E-state index contributed by atoms with van der Waals surface area (Å²) in [7, 11) is 0. The van der Waals surface area contributed by atoms with Gasteiger partial charge in [0.05, 0.1) is 22.2 Å². The van der Waals surface area contributed by atoms with E-state index in [2.05, 4.69) is 102 Å². The van der Waals surface area contributed by atoms with E-state index in [-0.39, 0.29) is 0 Å². The monoisotopic (exact) mass is 450 g/mol. The minimum Gasteiger partial charge on any atom is -0.306 e. The fraction of sp³-hybridized carbons (Fsp3) is 0. The van der Waals surface area contributed by atoms with Crippen molar-refractivity contribution in [2.75, 3.05) is 0 Å². The summed E-state index contributed by atoms with van der Waals surface area (Å²) in [6.07, 6.45) is 1.91. The molecular weight excluding hydrogens is 432 g/mol. The molecule has 0 aliphatic heterocycles. The first-order valence-corrected chi connectivity index (χ1v) is 12.3. The van der Waals surface area contributed by atoms with Crippen molar-refractivity contribution in [2.45, 2.75) is 0 Å². The number of pyridine rings is 1. The van der Waals surface area contributed by atoms with Crippen LogP contribution in [0.1, 0.15) is 0 Å². The first-order valence-electron chi connectivity index (χ1n) is 11.5. The zero-order valence-corrected chi connectivity index (χ0v) is 19.0. The van der Waals surface area contributed by atoms with Gasteiger partial charge in [-0.05, 0) is 47.2 Å². The number of hydrogen-bond acceptors (Lipinski definition) is 2. The van der Waals surface area contributed by atoms with Crippen LogP contribution in [0.3, 0.4) is 0 Å². The Labute approximate surface area is 199 Å². The Bertz CT molecular complexity index is 2020. The highest BCUT2D eigenvalue weighted by Crippen LogP contribution is 2.42. The lowest BCUT2D eigenvalue weighted by molar-refractivity contribution is 1.21. The fourth-order valence-electron chi connectivity index (χ4n) is 5.52. The Hall–Kier alpha value is -4.21. The first kappa shape index (κ1) is 18.2. The quantitative estimate of drug-likeness (QED) is 0.228. The molecular formula is C31H18N2S. The summed E-state index contributed by atoms with van der Waals surface area (Å²) in [4.78, 5) is 4.87. The largest absolute Gasteiger partial charge is 0.306 e. The number of benzene rings is 5. The second-order valence-electron chi connectivity index (χ2n) is 8.84. The van der Waals surface area contributed by atoms with E-state index in [1.165, 1.54) is 58.3 Å². The van der Waals surface area contributed by atoms with Crippen molar-refractivity contribution in [3.05, 3.63) is 109 Å². The molecule has 3 heteroatoms. The molecule has 0 radical (unpaired) electrons. The molecule has 5 aromatic carbocycles. The van der Waals surface area contributed by atoms with E-state index in [1.807, 2.05) is 23.6 Å². The average Bonchev–Trinajstić information content (AvgIpc) is 3.41. The molecule has 2 nitrogen and oxygen atoms in total. The van der Waals surface area contributed by atoms with Gasteiger partial charge in [0.2, 0.25) is 0 Å². The van der Waals surface area contributed by atoms with E-state index in [1.54, 1.807) is 0 Å². The summed E-state index contributed by atoms with van der Waals surface area (Å²) < 4.78 is 5.07. The van der Waals surface area contributed by atoms with Crippen molar-refractivity contribution >= 4 is 75.0 Å². The average molecular weight is 451 g/mol. The minimum atomic E-state index is 1.05. The molecule has 3 aromatic heterocycles. The van der Waals surface area contributed by atoms with Crippen molar-refractivity contribution in [2.24, 2.45) is 0 Å². The maximum atomic E-state index is 4.87. The van der Waals surface area contributed by atoms with Crippen molar-refractivity contribution in [1.82, 2.24) is 9.55 Å². The number of hydrogen-bond donors (Lipinski definition) is 0. The van der Waals surface area contributed by atoms with Gasteiger partial charge in [0, 0.05) is 42.5 Å². The summed E-state index contributed by atoms with van der Waals surface area (Å²) in [5.41, 5.74) is 4.61. The van der Waals surface area contributed by atoms with Gasteiger partial charge in [0.25, 0.3) is 0 Å². The van der Waals surface area contributed by atoms with Crippen LogP contribution in [0.2, 0.25) is 0 Å². The maximum Gasteiger partial charge on any atom is 0.0963 e. The fourth-order valence-corrected chi connectivity index (χ4v) is 6.64. The van der Waals surface area contributed by atoms with Gasteiger partial charge < -0.3 is 4.57 Å². The molecule has 0 bridgehead atoms. The van der Waals surface area contributed by atoms with E-state index in [0.717, 1.165) is 11.0 Å². The molecule has 0 aliphatic carbocycles. The zero-order valence-electron chi connectivity index (χ0n) is 18.2. The number of fused-ring (bicyclic) bond motifs is 8. The SMILES string of the molecule is c1ccc2c(-n3c4cc5sc6ccccc6c5cc4c4ncccc43)c3ccccc3cc2c1. The van der Waals surface area contributed by atoms with Crippen LogP contribution in [-0.4, -0.2) is 9.55 Å². The normalized spacial score (nSPS) is 12.1. The van der Waals surface area contributed by atoms with Crippen LogP contribution in [0.25, 0.3) is 69.3 Å². The zero-order chi connectivity index (χ0) is 22.2. The minimum absolute atomic E-state index is 1.05. The van der Waals surface area contributed by atoms with Crippen LogP contribution in [0.5, 0.6) is 0 Å². The highest BCUT2D eigenvalue weighted by atomic mass is 32.1. The Kier molecular flexibility index (Phi) is 3.57. The Morgan fingerprint density at radius 2 is 1.24 bits per heavy atom. The molecule has 34 heavy (non-hydrogen) atoms. The van der Waals surface area contributed by atoms with Gasteiger partial charge in [-0.25, -0.2) is 0 Å². The number of aromatic nitrogens is 2. The summed E-state index contributed by atoms with van der Waals surface area (Å²) in [5.74, 6) is 0. The molecule has 0 spiro atoms. The van der Waals surface area contributed by atoms with Crippen molar-refractivity contribution in [3.63, 3.8) is 0 Å². The lowest BCUT2D eigenvalue weighted by atomic mass is 10.0. The smallest absolute Gasteiger partial charge is 0.0963 e. The third kappa shape index (κ3) is 2.37. The highest BCUT2D eigenvalue weighted by Gasteiger charge is 2.19. The predicted octanol–water partition coefficient (Wildman–Crippen LogP) is 8.85. The topological polar surface area (TPSA) is 17.8 Å². The molecule has 0 N–H and O–H groups in total. The lowest BCUT2D eigenvalue weighted by Crippen LogP contribution is -1.97. The van der Waals surface area contributed by atoms with Gasteiger partial charge in [0.1, 0.15) is 0 Å². The van der Waals surface area contributed by atoms with Gasteiger partial charge in [-0.3, -0.25) is 4.98 Å². The Balaban J connectivity index is 1.64. The van der Waals surface area contributed by atoms with Gasteiger partial charge in [-0.1, -0.05) is 66.7 Å². The number of thiophene rings is 1. The standard InChI is InChI=1S/C31H18N2S/c1-3-10-21-19(8-1)16-20-9-2-4-11-22(20)31(21)33-26-13-7-15-32-30(26)25-17-24-23-12-5-6-14-28(23)34-29(24)18-27(25)33/h1-18H. The van der Waals surface area contributed by atoms with E-state index in [4.69, 9.17) is 4.98 Å². The molecule has 0 saturated carbocycles. The molecule has 3 heterocycles. The summed E-state index contributed by atoms with van der Waals surface area (Å²) in [6, 6.07) is 37.4. The Morgan fingerprint density at radius 1 is 0.529 bits per heavy atom. The van der Waals surface area contributed by atoms with Crippen LogP contribution in [0.15, 0.2) is 109 Å². The van der Waals surface area contributed by atoms with E-state index in [9.17, 15) is 0 Å². The highest BCUT2D eigenvalue weighted by molar-refractivity contribution is 7.25. The van der Waals surface area contributed by atoms with Gasteiger partial charge >= 0.3 is 0 Å². The summed E-state index contributed by atoms with van der Waals surface area (Å²) in [6.45, 7) is 0. The molecule has 0 aliphatic rings. The van der Waals surface area contributed by atoms with Crippen molar-refractivity contribution in [3.8, 4) is 5.69 Å². The molecule has 0 unspecified atom stereocenters. The molecule has 158 valence electrons. The van der Waals surface area contributed by atoms with Crippen LogP contribution in [-0.2, 0) is 0 Å². The van der Waals surface area contributed by atoms with Crippen molar-refractivity contribution in [1.29, 1.82) is 0 Å². The molecule has 0 fully saturated rings. The number of nitrogens with zero attached hydrogens (tertiary/aromatic N) is 2. The first-order chi connectivity index (χ1) is 16.9. The van der Waals surface area contributed by atoms with Crippen molar-refractivity contribution < 1.29 is 0 Å². The second-order valence-corrected chi connectivity index (χ2v) is 9.92. The predicted molar refractivity (Wildman–Crippen MR) is 146 cm³/mol. The molecule has 8 aromatic rings. The van der Waals surface area contributed by atoms with Crippen LogP contribution in [0, 0.1) is 0 Å². The number of rotatable bonds is 1. The lowest BCUT2D eigenvalue weighted by Gasteiger charge is -2.15. The maximum absolute atomic E-state index is 4.87. The summed E-state index contributed by atoms with van der Waals surface area (Å²) in [5, 5.41) is 8.82. The van der Waals surface area contributed by atoms with Crippen LogP contribution < -0.4 is 0 Å².